The van der Waals surface area contributed by atoms with E-state index in [1.165, 1.54) is 18.2 Å². The van der Waals surface area contributed by atoms with Gasteiger partial charge in [-0.1, -0.05) is 18.6 Å². The lowest BCUT2D eigenvalue weighted by atomic mass is 9.95. The lowest BCUT2D eigenvalue weighted by Gasteiger charge is -2.34. The van der Waals surface area contributed by atoms with Gasteiger partial charge in [-0.2, -0.15) is 0 Å². The molecule has 132 valence electrons. The number of hydrogen-bond donors (Lipinski definition) is 1. The van der Waals surface area contributed by atoms with Crippen LogP contribution in [0.5, 0.6) is 5.75 Å². The average molecular weight is 344 g/mol. The predicted octanol–water partition coefficient (Wildman–Crippen LogP) is 3.14. The van der Waals surface area contributed by atoms with Crippen LogP contribution in [0.3, 0.4) is 0 Å². The number of aryl methyl sites for hydroxylation is 1. The molecule has 0 amide bonds. The quantitative estimate of drug-likeness (QED) is 0.676. The molecule has 1 saturated heterocycles. The van der Waals surface area contributed by atoms with E-state index < -0.39 is 16.6 Å². The van der Waals surface area contributed by atoms with E-state index in [0.29, 0.717) is 5.76 Å². The lowest BCUT2D eigenvalue weighted by Crippen LogP contribution is -2.36. The Labute approximate surface area is 144 Å². The summed E-state index contributed by atoms with van der Waals surface area (Å²) in [6, 6.07) is 7.04. The second-order valence-corrected chi connectivity index (χ2v) is 6.29. The molecular weight excluding hydrogens is 324 g/mol. The van der Waals surface area contributed by atoms with Gasteiger partial charge in [-0.3, -0.25) is 15.0 Å². The van der Waals surface area contributed by atoms with Crippen molar-refractivity contribution in [2.24, 2.45) is 0 Å². The molecule has 7 nitrogen and oxygen atoms in total. The first-order chi connectivity index (χ1) is 12.0. The summed E-state index contributed by atoms with van der Waals surface area (Å²) in [4.78, 5) is 25.0. The van der Waals surface area contributed by atoms with Gasteiger partial charge in [-0.15, -0.1) is 0 Å². The monoisotopic (exact) mass is 344 g/mol. The van der Waals surface area contributed by atoms with Crippen LogP contribution in [0.1, 0.15) is 42.2 Å². The molecule has 0 aliphatic carbocycles. The molecule has 0 spiro atoms. The van der Waals surface area contributed by atoms with Gasteiger partial charge in [0.1, 0.15) is 17.1 Å². The van der Waals surface area contributed by atoms with Crippen LogP contribution >= 0.6 is 0 Å². The molecule has 1 unspecified atom stereocenters. The molecule has 1 aliphatic rings. The Morgan fingerprint density at radius 1 is 1.20 bits per heavy atom. The largest absolute Gasteiger partial charge is 0.507 e. The number of hydrogen-bond acceptors (Lipinski definition) is 6. The van der Waals surface area contributed by atoms with Gasteiger partial charge < -0.3 is 9.52 Å². The van der Waals surface area contributed by atoms with Gasteiger partial charge in [0, 0.05) is 18.2 Å². The zero-order valence-corrected chi connectivity index (χ0v) is 14.0. The maximum absolute atomic E-state index is 12.4. The van der Waals surface area contributed by atoms with Crippen molar-refractivity contribution < 1.29 is 14.4 Å². The molecule has 1 fully saturated rings. The number of aromatic hydroxyl groups is 1. The van der Waals surface area contributed by atoms with Crippen LogP contribution in [0.4, 0.5) is 5.69 Å². The van der Waals surface area contributed by atoms with E-state index in [1.54, 1.807) is 19.1 Å². The molecule has 1 atom stereocenters. The highest BCUT2D eigenvalue weighted by Gasteiger charge is 2.30. The second-order valence-electron chi connectivity index (χ2n) is 6.29. The first kappa shape index (κ1) is 17.2. The topological polar surface area (TPSA) is 96.8 Å². The molecule has 2 aromatic rings. The van der Waals surface area contributed by atoms with Crippen LogP contribution in [0.15, 0.2) is 39.5 Å². The molecule has 25 heavy (non-hydrogen) atoms. The highest BCUT2D eigenvalue weighted by atomic mass is 16.6. The summed E-state index contributed by atoms with van der Waals surface area (Å²) in [7, 11) is 0. The third-order valence-corrected chi connectivity index (χ3v) is 4.54. The highest BCUT2D eigenvalue weighted by molar-refractivity contribution is 5.42. The number of nitrogens with zero attached hydrogens (tertiary/aromatic N) is 2. The van der Waals surface area contributed by atoms with Crippen molar-refractivity contribution in [1.29, 1.82) is 0 Å². The molecule has 3 rings (SSSR count). The van der Waals surface area contributed by atoms with Crippen molar-refractivity contribution in [2.45, 2.75) is 32.2 Å². The normalized spacial score (nSPS) is 16.5. The van der Waals surface area contributed by atoms with Crippen molar-refractivity contribution in [3.63, 3.8) is 0 Å². The summed E-state index contributed by atoms with van der Waals surface area (Å²) >= 11 is 0. The smallest absolute Gasteiger partial charge is 0.344 e. The van der Waals surface area contributed by atoms with Gasteiger partial charge in [0.05, 0.1) is 11.0 Å². The molecule has 1 N–H and O–H groups in total. The fourth-order valence-electron chi connectivity index (χ4n) is 3.37. The molecule has 0 bridgehead atoms. The summed E-state index contributed by atoms with van der Waals surface area (Å²) in [6.07, 6.45) is 3.13. The van der Waals surface area contributed by atoms with E-state index in [4.69, 9.17) is 4.42 Å². The van der Waals surface area contributed by atoms with E-state index in [9.17, 15) is 20.0 Å². The molecule has 2 heterocycles. The van der Waals surface area contributed by atoms with Gasteiger partial charge in [-0.05, 0) is 38.4 Å². The van der Waals surface area contributed by atoms with E-state index in [2.05, 4.69) is 4.90 Å². The van der Waals surface area contributed by atoms with Crippen LogP contribution in [0, 0.1) is 17.0 Å². The maximum Gasteiger partial charge on any atom is 0.344 e. The van der Waals surface area contributed by atoms with Crippen LogP contribution in [0.2, 0.25) is 0 Å². The maximum atomic E-state index is 12.4. The Morgan fingerprint density at radius 2 is 1.84 bits per heavy atom. The Balaban J connectivity index is 2.10. The minimum atomic E-state index is -0.577. The van der Waals surface area contributed by atoms with E-state index in [1.807, 2.05) is 0 Å². The first-order valence-electron chi connectivity index (χ1n) is 8.29. The number of nitro benzene ring substituents is 1. The van der Waals surface area contributed by atoms with Crippen molar-refractivity contribution >= 4 is 5.69 Å². The average Bonchev–Trinajstić information content (AvgIpc) is 2.59. The zero-order valence-electron chi connectivity index (χ0n) is 14.0. The summed E-state index contributed by atoms with van der Waals surface area (Å²) < 4.78 is 5.19. The van der Waals surface area contributed by atoms with Crippen molar-refractivity contribution in [3.05, 3.63) is 67.8 Å². The zero-order chi connectivity index (χ0) is 18.0. The van der Waals surface area contributed by atoms with Gasteiger partial charge in [0.25, 0.3) is 5.69 Å². The second kappa shape index (κ2) is 7.06. The number of nitro groups is 1. The Hall–Kier alpha value is -2.67. The Bertz CT molecular complexity index is 822. The summed E-state index contributed by atoms with van der Waals surface area (Å²) in [5.74, 6) is 0.231. The van der Waals surface area contributed by atoms with E-state index in [0.717, 1.165) is 37.9 Å². The fraction of sp³-hybridized carbons (Fsp3) is 0.389. The number of likely N-dealkylation sites (tertiary alicyclic amines) is 1. The van der Waals surface area contributed by atoms with Crippen LogP contribution in [-0.4, -0.2) is 28.0 Å². The minimum Gasteiger partial charge on any atom is -0.507 e. The van der Waals surface area contributed by atoms with Crippen LogP contribution < -0.4 is 5.63 Å². The Kier molecular flexibility index (Phi) is 4.85. The van der Waals surface area contributed by atoms with Crippen molar-refractivity contribution in [2.75, 3.05) is 13.1 Å². The van der Waals surface area contributed by atoms with Gasteiger partial charge in [0.15, 0.2) is 0 Å². The fourth-order valence-corrected chi connectivity index (χ4v) is 3.37. The van der Waals surface area contributed by atoms with Crippen molar-refractivity contribution in [1.82, 2.24) is 4.90 Å². The van der Waals surface area contributed by atoms with Gasteiger partial charge in [-0.25, -0.2) is 4.79 Å². The number of benzene rings is 1. The number of piperidine rings is 1. The number of rotatable bonds is 4. The minimum absolute atomic E-state index is 0.0127. The van der Waals surface area contributed by atoms with E-state index >= 15 is 0 Å². The standard InChI is InChI=1S/C18H20N2O5/c1-12-11-15(21)16(18(22)25-12)17(19-9-3-2-4-10-19)13-5-7-14(8-6-13)20(23)24/h5-8,11,17,21H,2-4,9-10H2,1H3. The SMILES string of the molecule is Cc1cc(O)c(C(c2ccc([N+](=O)[O-])cc2)N2CCCCC2)c(=O)o1. The summed E-state index contributed by atoms with van der Waals surface area (Å²) in [5.41, 5.74) is 0.313. The summed E-state index contributed by atoms with van der Waals surface area (Å²) in [5, 5.41) is 21.3. The van der Waals surface area contributed by atoms with Gasteiger partial charge in [0.2, 0.25) is 0 Å². The molecule has 7 heteroatoms. The highest BCUT2D eigenvalue weighted by Crippen LogP contribution is 2.34. The molecule has 1 aromatic carbocycles. The molecule has 1 aliphatic heterocycles. The van der Waals surface area contributed by atoms with Gasteiger partial charge >= 0.3 is 5.63 Å². The van der Waals surface area contributed by atoms with Crippen molar-refractivity contribution in [3.8, 4) is 5.75 Å². The van der Waals surface area contributed by atoms with E-state index in [-0.39, 0.29) is 17.0 Å². The molecule has 0 radical (unpaired) electrons. The first-order valence-corrected chi connectivity index (χ1v) is 8.29. The van der Waals surface area contributed by atoms with Crippen LogP contribution in [0.25, 0.3) is 0 Å². The summed E-state index contributed by atoms with van der Waals surface area (Å²) in [6.45, 7) is 3.18. The lowest BCUT2D eigenvalue weighted by molar-refractivity contribution is -0.384. The Morgan fingerprint density at radius 3 is 2.40 bits per heavy atom. The molecular formula is C18H20N2O5. The third kappa shape index (κ3) is 3.56. The predicted molar refractivity (Wildman–Crippen MR) is 91.7 cm³/mol. The molecule has 1 aromatic heterocycles. The van der Waals surface area contributed by atoms with Crippen LogP contribution in [-0.2, 0) is 0 Å². The number of non-ortho nitro benzene ring substituents is 1. The molecule has 0 saturated carbocycles. The third-order valence-electron chi connectivity index (χ3n) is 4.54.